The second-order valence-corrected chi connectivity index (χ2v) is 5.79. The van der Waals surface area contributed by atoms with Gasteiger partial charge in [0.25, 0.3) is 0 Å². The number of anilines is 1. The summed E-state index contributed by atoms with van der Waals surface area (Å²) in [5.74, 6) is 0.384. The van der Waals surface area contributed by atoms with Crippen LogP contribution in [-0.2, 0) is 4.79 Å². The third-order valence-corrected chi connectivity index (χ3v) is 3.65. The standard InChI is InChI=1S/C15H18BrN3O3/c1-19(5-6-20)9-14(21)18-13-8-17-12-4-3-10(16)7-11(12)15(13)22-2/h3-4,7-8,20H,5-6,9H2,1-2H3,(H,18,21). The maximum absolute atomic E-state index is 12.0. The van der Waals surface area contributed by atoms with Gasteiger partial charge in [0.1, 0.15) is 5.69 Å². The maximum atomic E-state index is 12.0. The molecule has 1 heterocycles. The van der Waals surface area contributed by atoms with E-state index in [1.165, 1.54) is 0 Å². The lowest BCUT2D eigenvalue weighted by Gasteiger charge is -2.16. The van der Waals surface area contributed by atoms with Crippen LogP contribution < -0.4 is 10.1 Å². The van der Waals surface area contributed by atoms with Crippen LogP contribution in [0.25, 0.3) is 10.9 Å². The van der Waals surface area contributed by atoms with Crippen molar-refractivity contribution in [3.05, 3.63) is 28.9 Å². The lowest BCUT2D eigenvalue weighted by atomic mass is 10.2. The van der Waals surface area contributed by atoms with Gasteiger partial charge in [-0.05, 0) is 25.2 Å². The van der Waals surface area contributed by atoms with Gasteiger partial charge in [-0.1, -0.05) is 15.9 Å². The molecule has 0 aliphatic rings. The second kappa shape index (κ2) is 7.53. The van der Waals surface area contributed by atoms with Gasteiger partial charge in [0.05, 0.1) is 32.0 Å². The quantitative estimate of drug-likeness (QED) is 0.814. The molecule has 2 rings (SSSR count). The molecular formula is C15H18BrN3O3. The molecule has 1 amide bonds. The highest BCUT2D eigenvalue weighted by atomic mass is 79.9. The zero-order valence-electron chi connectivity index (χ0n) is 12.5. The fourth-order valence-corrected chi connectivity index (χ4v) is 2.50. The second-order valence-electron chi connectivity index (χ2n) is 4.88. The number of fused-ring (bicyclic) bond motifs is 1. The summed E-state index contributed by atoms with van der Waals surface area (Å²) in [7, 11) is 3.33. The molecule has 2 aromatic rings. The highest BCUT2D eigenvalue weighted by Crippen LogP contribution is 2.33. The highest BCUT2D eigenvalue weighted by molar-refractivity contribution is 9.10. The van der Waals surface area contributed by atoms with E-state index in [1.54, 1.807) is 25.3 Å². The third-order valence-electron chi connectivity index (χ3n) is 3.15. The first-order chi connectivity index (χ1) is 10.5. The van der Waals surface area contributed by atoms with Crippen molar-refractivity contribution in [2.75, 3.05) is 39.2 Å². The molecule has 2 N–H and O–H groups in total. The number of aromatic nitrogens is 1. The Morgan fingerprint density at radius 3 is 2.95 bits per heavy atom. The van der Waals surface area contributed by atoms with Gasteiger partial charge in [-0.2, -0.15) is 0 Å². The van der Waals surface area contributed by atoms with Crippen molar-refractivity contribution < 1.29 is 14.6 Å². The van der Waals surface area contributed by atoms with E-state index in [0.717, 1.165) is 15.4 Å². The summed E-state index contributed by atoms with van der Waals surface area (Å²) >= 11 is 3.42. The number of methoxy groups -OCH3 is 1. The minimum atomic E-state index is -0.189. The van der Waals surface area contributed by atoms with Crippen LogP contribution in [0.4, 0.5) is 5.69 Å². The van der Waals surface area contributed by atoms with Crippen molar-refractivity contribution in [3.63, 3.8) is 0 Å². The molecule has 0 bridgehead atoms. The fourth-order valence-electron chi connectivity index (χ4n) is 2.13. The summed E-state index contributed by atoms with van der Waals surface area (Å²) in [6.07, 6.45) is 1.58. The minimum Gasteiger partial charge on any atom is -0.494 e. The van der Waals surface area contributed by atoms with Crippen molar-refractivity contribution in [2.45, 2.75) is 0 Å². The van der Waals surface area contributed by atoms with Gasteiger partial charge in [0, 0.05) is 16.4 Å². The summed E-state index contributed by atoms with van der Waals surface area (Å²) in [5.41, 5.74) is 1.31. The SMILES string of the molecule is COc1c(NC(=O)CN(C)CCO)cnc2ccc(Br)cc12. The van der Waals surface area contributed by atoms with Gasteiger partial charge < -0.3 is 15.2 Å². The Bertz CT molecular complexity index is 678. The number of aliphatic hydroxyl groups is 1. The molecule has 0 spiro atoms. The van der Waals surface area contributed by atoms with E-state index in [9.17, 15) is 4.79 Å². The molecular weight excluding hydrogens is 350 g/mol. The number of rotatable bonds is 6. The summed E-state index contributed by atoms with van der Waals surface area (Å²) < 4.78 is 6.35. The number of carbonyl (C=O) groups is 1. The van der Waals surface area contributed by atoms with Gasteiger partial charge in [-0.3, -0.25) is 14.7 Å². The van der Waals surface area contributed by atoms with Crippen LogP contribution in [-0.4, -0.2) is 54.8 Å². The van der Waals surface area contributed by atoms with Crippen molar-refractivity contribution in [1.29, 1.82) is 0 Å². The monoisotopic (exact) mass is 367 g/mol. The maximum Gasteiger partial charge on any atom is 0.238 e. The summed E-state index contributed by atoms with van der Waals surface area (Å²) in [5, 5.41) is 12.5. The van der Waals surface area contributed by atoms with E-state index in [0.29, 0.717) is 18.0 Å². The molecule has 0 atom stereocenters. The van der Waals surface area contributed by atoms with Crippen LogP contribution in [0, 0.1) is 0 Å². The third kappa shape index (κ3) is 3.94. The van der Waals surface area contributed by atoms with Gasteiger partial charge in [-0.25, -0.2) is 0 Å². The normalized spacial score (nSPS) is 11.0. The van der Waals surface area contributed by atoms with Gasteiger partial charge in [0.15, 0.2) is 5.75 Å². The molecule has 0 fully saturated rings. The number of likely N-dealkylation sites (N-methyl/N-ethyl adjacent to an activating group) is 1. The van der Waals surface area contributed by atoms with Crippen LogP contribution in [0.5, 0.6) is 5.75 Å². The molecule has 118 valence electrons. The average Bonchev–Trinajstić information content (AvgIpc) is 2.46. The Morgan fingerprint density at radius 2 is 2.27 bits per heavy atom. The van der Waals surface area contributed by atoms with Gasteiger partial charge >= 0.3 is 0 Å². The molecule has 22 heavy (non-hydrogen) atoms. The van der Waals surface area contributed by atoms with E-state index in [2.05, 4.69) is 26.2 Å². The molecule has 0 unspecified atom stereocenters. The van der Waals surface area contributed by atoms with Crippen LogP contribution >= 0.6 is 15.9 Å². The fraction of sp³-hybridized carbons (Fsp3) is 0.333. The van der Waals surface area contributed by atoms with Gasteiger partial charge in [0.2, 0.25) is 5.91 Å². The lowest BCUT2D eigenvalue weighted by Crippen LogP contribution is -2.32. The number of hydrogen-bond donors (Lipinski definition) is 2. The molecule has 0 radical (unpaired) electrons. The molecule has 7 heteroatoms. The van der Waals surface area contributed by atoms with Crippen molar-refractivity contribution in [1.82, 2.24) is 9.88 Å². The number of aliphatic hydroxyl groups excluding tert-OH is 1. The molecule has 0 aliphatic carbocycles. The Hall–Kier alpha value is -1.70. The molecule has 1 aromatic carbocycles. The lowest BCUT2D eigenvalue weighted by molar-refractivity contribution is -0.117. The Balaban J connectivity index is 2.25. The number of pyridine rings is 1. The van der Waals surface area contributed by atoms with E-state index >= 15 is 0 Å². The summed E-state index contributed by atoms with van der Waals surface area (Å²) in [6.45, 7) is 0.631. The zero-order valence-corrected chi connectivity index (χ0v) is 14.1. The number of ether oxygens (including phenoxy) is 1. The molecule has 0 saturated heterocycles. The van der Waals surface area contributed by atoms with Crippen LogP contribution in [0.1, 0.15) is 0 Å². The number of hydrogen-bond acceptors (Lipinski definition) is 5. The van der Waals surface area contributed by atoms with E-state index in [4.69, 9.17) is 9.84 Å². The Kier molecular flexibility index (Phi) is 5.70. The van der Waals surface area contributed by atoms with Crippen LogP contribution in [0.3, 0.4) is 0 Å². The zero-order chi connectivity index (χ0) is 16.1. The van der Waals surface area contributed by atoms with E-state index in [1.807, 2.05) is 18.2 Å². The highest BCUT2D eigenvalue weighted by Gasteiger charge is 2.13. The number of nitrogens with one attached hydrogen (secondary N) is 1. The average molecular weight is 368 g/mol. The first kappa shape index (κ1) is 16.7. The largest absolute Gasteiger partial charge is 0.494 e. The first-order valence-corrected chi connectivity index (χ1v) is 7.56. The van der Waals surface area contributed by atoms with Crippen LogP contribution in [0.15, 0.2) is 28.9 Å². The molecule has 1 aromatic heterocycles. The number of carbonyl (C=O) groups excluding carboxylic acids is 1. The molecule has 0 aliphatic heterocycles. The molecule has 0 saturated carbocycles. The summed E-state index contributed by atoms with van der Waals surface area (Å²) in [4.78, 5) is 18.1. The predicted octanol–water partition coefficient (Wildman–Crippen LogP) is 1.87. The topological polar surface area (TPSA) is 74.7 Å². The van der Waals surface area contributed by atoms with Crippen LogP contribution in [0.2, 0.25) is 0 Å². The Morgan fingerprint density at radius 1 is 1.50 bits per heavy atom. The Labute approximate surface area is 137 Å². The number of nitrogens with zero attached hydrogens (tertiary/aromatic N) is 2. The van der Waals surface area contributed by atoms with Crippen molar-refractivity contribution in [3.8, 4) is 5.75 Å². The van der Waals surface area contributed by atoms with E-state index in [-0.39, 0.29) is 19.1 Å². The molecule has 6 nitrogen and oxygen atoms in total. The van der Waals surface area contributed by atoms with Crippen molar-refractivity contribution >= 4 is 38.4 Å². The summed E-state index contributed by atoms with van der Waals surface area (Å²) in [6, 6.07) is 5.67. The predicted molar refractivity (Wildman–Crippen MR) is 89.2 cm³/mol. The van der Waals surface area contributed by atoms with E-state index < -0.39 is 0 Å². The minimum absolute atomic E-state index is 0.0126. The van der Waals surface area contributed by atoms with Gasteiger partial charge in [-0.15, -0.1) is 0 Å². The van der Waals surface area contributed by atoms with Crippen molar-refractivity contribution in [2.24, 2.45) is 0 Å². The number of amides is 1. The number of benzene rings is 1. The number of halogens is 1. The smallest absolute Gasteiger partial charge is 0.238 e. The first-order valence-electron chi connectivity index (χ1n) is 6.76.